The van der Waals surface area contributed by atoms with Gasteiger partial charge in [-0.25, -0.2) is 9.36 Å². The molecule has 2 aliphatic rings. The van der Waals surface area contributed by atoms with Crippen LogP contribution in [0.4, 0.5) is 0 Å². The molecule has 0 radical (unpaired) electrons. The zero-order valence-electron chi connectivity index (χ0n) is 15.3. The van der Waals surface area contributed by atoms with Crippen molar-refractivity contribution in [2.24, 2.45) is 0 Å². The van der Waals surface area contributed by atoms with Gasteiger partial charge in [0.1, 0.15) is 17.5 Å². The molecule has 9 heteroatoms. The number of ether oxygens (including phenoxy) is 1. The molecule has 2 fully saturated rings. The second kappa shape index (κ2) is 9.28. The van der Waals surface area contributed by atoms with Crippen LogP contribution < -0.4 is 9.26 Å². The molecule has 27 heavy (non-hydrogen) atoms. The maximum atomic E-state index is 12.5. The Morgan fingerprint density at radius 1 is 1.07 bits per heavy atom. The SMILES string of the molecule is COc1ccc(OP(=O)(Cl)OC(=O)[C@@H]2CCCN2OC2CCCCC2)cc1. The van der Waals surface area contributed by atoms with Gasteiger partial charge in [0.15, 0.2) is 0 Å². The van der Waals surface area contributed by atoms with E-state index in [2.05, 4.69) is 0 Å². The number of benzene rings is 1. The largest absolute Gasteiger partial charge is 0.532 e. The molecule has 1 aliphatic carbocycles. The van der Waals surface area contributed by atoms with Crippen LogP contribution in [0.3, 0.4) is 0 Å². The molecular formula is C18H25ClNO6P. The van der Waals surface area contributed by atoms with Gasteiger partial charge in [0.25, 0.3) is 0 Å². The Morgan fingerprint density at radius 3 is 2.41 bits per heavy atom. The first-order valence-electron chi connectivity index (χ1n) is 9.27. The third kappa shape index (κ3) is 5.85. The molecule has 2 atom stereocenters. The summed E-state index contributed by atoms with van der Waals surface area (Å²) >= 11 is 5.86. The first-order valence-corrected chi connectivity index (χ1v) is 11.7. The third-order valence-electron chi connectivity index (χ3n) is 4.79. The number of carbonyl (C=O) groups is 1. The van der Waals surface area contributed by atoms with Gasteiger partial charge >= 0.3 is 12.9 Å². The molecule has 0 N–H and O–H groups in total. The van der Waals surface area contributed by atoms with Gasteiger partial charge in [-0.3, -0.25) is 4.84 Å². The van der Waals surface area contributed by atoms with E-state index in [4.69, 9.17) is 29.9 Å². The third-order valence-corrected chi connectivity index (χ3v) is 6.03. The number of hydrogen-bond donors (Lipinski definition) is 0. The van der Waals surface area contributed by atoms with E-state index in [0.29, 0.717) is 18.7 Å². The van der Waals surface area contributed by atoms with Gasteiger partial charge in [-0.2, -0.15) is 5.06 Å². The lowest BCUT2D eigenvalue weighted by molar-refractivity contribution is -0.216. The summed E-state index contributed by atoms with van der Waals surface area (Å²) in [7, 11) is 1.53. The number of hydrogen-bond acceptors (Lipinski definition) is 7. The number of hydroxylamine groups is 2. The van der Waals surface area contributed by atoms with Crippen molar-refractivity contribution in [1.29, 1.82) is 0 Å². The number of rotatable bonds is 7. The van der Waals surface area contributed by atoms with E-state index in [1.807, 2.05) is 0 Å². The lowest BCUT2D eigenvalue weighted by Crippen LogP contribution is -2.40. The molecule has 0 spiro atoms. The number of methoxy groups -OCH3 is 1. The van der Waals surface area contributed by atoms with Gasteiger partial charge in [-0.05, 0) is 49.9 Å². The van der Waals surface area contributed by atoms with Gasteiger partial charge in [-0.1, -0.05) is 19.3 Å². The van der Waals surface area contributed by atoms with Crippen molar-refractivity contribution in [3.63, 3.8) is 0 Å². The minimum Gasteiger partial charge on any atom is -0.497 e. The van der Waals surface area contributed by atoms with Crippen molar-refractivity contribution >= 4 is 24.2 Å². The Bertz CT molecular complexity index is 679. The fraction of sp³-hybridized carbons (Fsp3) is 0.611. The van der Waals surface area contributed by atoms with E-state index < -0.39 is 19.0 Å². The van der Waals surface area contributed by atoms with Crippen molar-refractivity contribution in [2.75, 3.05) is 13.7 Å². The van der Waals surface area contributed by atoms with Crippen LogP contribution in [0.15, 0.2) is 24.3 Å². The summed E-state index contributed by atoms with van der Waals surface area (Å²) in [5, 5.41) is 1.66. The molecule has 7 nitrogen and oxygen atoms in total. The van der Waals surface area contributed by atoms with Crippen LogP contribution >= 0.6 is 18.2 Å². The summed E-state index contributed by atoms with van der Waals surface area (Å²) < 4.78 is 27.6. The number of nitrogens with zero attached hydrogens (tertiary/aromatic N) is 1. The maximum absolute atomic E-state index is 12.5. The van der Waals surface area contributed by atoms with Crippen LogP contribution in [0, 0.1) is 0 Å². The highest BCUT2D eigenvalue weighted by Gasteiger charge is 2.39. The van der Waals surface area contributed by atoms with Gasteiger partial charge in [0.2, 0.25) is 0 Å². The van der Waals surface area contributed by atoms with Gasteiger partial charge in [0, 0.05) is 17.8 Å². The summed E-state index contributed by atoms with van der Waals surface area (Å²) in [6.07, 6.45) is 7.00. The lowest BCUT2D eigenvalue weighted by Gasteiger charge is -2.29. The minimum atomic E-state index is -4.12. The average molecular weight is 418 g/mol. The zero-order chi connectivity index (χ0) is 19.3. The molecule has 1 heterocycles. The lowest BCUT2D eigenvalue weighted by atomic mass is 9.98. The van der Waals surface area contributed by atoms with Crippen LogP contribution in [-0.4, -0.2) is 36.8 Å². The molecule has 0 aromatic heterocycles. The topological polar surface area (TPSA) is 74.3 Å². The Kier molecular flexibility index (Phi) is 7.04. The summed E-state index contributed by atoms with van der Waals surface area (Å²) in [6, 6.07) is 5.72. The first-order chi connectivity index (χ1) is 13.0. The van der Waals surface area contributed by atoms with Gasteiger partial charge in [0.05, 0.1) is 13.2 Å². The van der Waals surface area contributed by atoms with Crippen molar-refractivity contribution in [3.05, 3.63) is 24.3 Å². The van der Waals surface area contributed by atoms with Crippen molar-refractivity contribution in [3.8, 4) is 11.5 Å². The number of halogens is 1. The Balaban J connectivity index is 1.56. The molecule has 150 valence electrons. The highest BCUT2D eigenvalue weighted by Crippen LogP contribution is 2.54. The van der Waals surface area contributed by atoms with E-state index >= 15 is 0 Å². The van der Waals surface area contributed by atoms with Crippen molar-refractivity contribution in [1.82, 2.24) is 5.06 Å². The quantitative estimate of drug-likeness (QED) is 0.595. The Morgan fingerprint density at radius 2 is 1.74 bits per heavy atom. The van der Waals surface area contributed by atoms with Crippen LogP contribution in [0.2, 0.25) is 0 Å². The Labute approximate surface area is 164 Å². The fourth-order valence-corrected chi connectivity index (χ4v) is 4.60. The van der Waals surface area contributed by atoms with Gasteiger partial charge < -0.3 is 13.8 Å². The van der Waals surface area contributed by atoms with E-state index in [-0.39, 0.29) is 11.9 Å². The second-order valence-corrected chi connectivity index (χ2v) is 9.24. The highest BCUT2D eigenvalue weighted by molar-refractivity contribution is 7.82. The molecular weight excluding hydrogens is 393 g/mol. The number of carbonyl (C=O) groups excluding carboxylic acids is 1. The standard InChI is InChI=1S/C18H25ClNO6P/c1-23-14-9-11-16(12-10-14)25-27(19,22)26-18(21)17-8-5-13-20(17)24-15-6-3-2-4-7-15/h9-12,15,17H,2-8,13H2,1H3/t17-,27?/m0/s1. The highest BCUT2D eigenvalue weighted by atomic mass is 35.7. The molecule has 3 rings (SSSR count). The average Bonchev–Trinajstić information content (AvgIpc) is 3.11. The van der Waals surface area contributed by atoms with Crippen molar-refractivity contribution in [2.45, 2.75) is 57.1 Å². The summed E-state index contributed by atoms with van der Waals surface area (Å²) in [4.78, 5) is 18.5. The van der Waals surface area contributed by atoms with E-state index in [1.54, 1.807) is 17.2 Å². The Hall–Kier alpha value is -1.27. The monoisotopic (exact) mass is 417 g/mol. The normalized spacial score (nSPS) is 23.6. The maximum Gasteiger partial charge on any atom is 0.532 e. The van der Waals surface area contributed by atoms with Crippen LogP contribution in [0.25, 0.3) is 0 Å². The molecule has 1 saturated heterocycles. The van der Waals surface area contributed by atoms with Crippen LogP contribution in [0.1, 0.15) is 44.9 Å². The summed E-state index contributed by atoms with van der Waals surface area (Å²) in [5.41, 5.74) is 0. The first kappa shape index (κ1) is 20.5. The van der Waals surface area contributed by atoms with E-state index in [0.717, 1.165) is 32.1 Å². The van der Waals surface area contributed by atoms with Crippen LogP contribution in [-0.2, 0) is 18.7 Å². The predicted octanol–water partition coefficient (Wildman–Crippen LogP) is 4.69. The summed E-state index contributed by atoms with van der Waals surface area (Å²) in [5.74, 6) is 0.157. The van der Waals surface area contributed by atoms with E-state index in [1.165, 1.54) is 25.7 Å². The fourth-order valence-electron chi connectivity index (χ4n) is 3.41. The molecule has 1 saturated carbocycles. The van der Waals surface area contributed by atoms with Gasteiger partial charge in [-0.15, -0.1) is 0 Å². The molecule has 0 bridgehead atoms. The summed E-state index contributed by atoms with van der Waals surface area (Å²) in [6.45, 7) is -3.48. The molecule has 1 aliphatic heterocycles. The molecule has 1 aromatic rings. The molecule has 0 amide bonds. The van der Waals surface area contributed by atoms with Crippen LogP contribution in [0.5, 0.6) is 11.5 Å². The zero-order valence-corrected chi connectivity index (χ0v) is 17.0. The minimum absolute atomic E-state index is 0.130. The van der Waals surface area contributed by atoms with E-state index in [9.17, 15) is 9.36 Å². The molecule has 1 aromatic carbocycles. The smallest absolute Gasteiger partial charge is 0.497 e. The molecule has 1 unspecified atom stereocenters. The van der Waals surface area contributed by atoms with Crippen molar-refractivity contribution < 1.29 is 28.0 Å². The predicted molar refractivity (Wildman–Crippen MR) is 101 cm³/mol. The second-order valence-electron chi connectivity index (χ2n) is 6.77.